The molecule has 0 radical (unpaired) electrons. The van der Waals surface area contributed by atoms with Crippen LogP contribution in [0.4, 0.5) is 5.69 Å². The molecule has 0 atom stereocenters. The second-order valence-electron chi connectivity index (χ2n) is 4.62. The first-order chi connectivity index (χ1) is 10.1. The third-order valence-electron chi connectivity index (χ3n) is 3.36. The summed E-state index contributed by atoms with van der Waals surface area (Å²) < 4.78 is 5.14. The van der Waals surface area contributed by atoms with E-state index >= 15 is 0 Å². The highest BCUT2D eigenvalue weighted by Gasteiger charge is 2.26. The van der Waals surface area contributed by atoms with Crippen molar-refractivity contribution in [3.8, 4) is 5.75 Å². The molecule has 0 aliphatic carbocycles. The molecule has 2 aromatic rings. The minimum absolute atomic E-state index is 0.175. The topological polar surface area (TPSA) is 63.7 Å². The Hall–Kier alpha value is -2.43. The van der Waals surface area contributed by atoms with Crippen molar-refractivity contribution in [1.82, 2.24) is 0 Å². The number of ether oxygens (including phenoxy) is 1. The Morgan fingerprint density at radius 1 is 1.05 bits per heavy atom. The Morgan fingerprint density at radius 3 is 2.24 bits per heavy atom. The molecule has 5 heteroatoms. The minimum Gasteiger partial charge on any atom is -0.426 e. The van der Waals surface area contributed by atoms with Gasteiger partial charge in [0.15, 0.2) is 0 Å². The number of hydrogen-bond acceptors (Lipinski definition) is 5. The van der Waals surface area contributed by atoms with Crippen LogP contribution in [0.1, 0.15) is 19.4 Å². The highest BCUT2D eigenvalue weighted by Crippen LogP contribution is 2.16. The van der Waals surface area contributed by atoms with E-state index in [1.54, 1.807) is 29.2 Å². The zero-order valence-corrected chi connectivity index (χ0v) is 12.1. The van der Waals surface area contributed by atoms with Gasteiger partial charge >= 0.3 is 5.97 Å². The van der Waals surface area contributed by atoms with Crippen molar-refractivity contribution < 1.29 is 9.53 Å². The van der Waals surface area contributed by atoms with E-state index in [0.717, 1.165) is 0 Å². The SMILES string of the molecule is CCN(CC)c1c(CC(=O)Oc2ccccc2)c(=O)c1=O. The van der Waals surface area contributed by atoms with Gasteiger partial charge in [0.2, 0.25) is 10.9 Å². The molecule has 0 spiro atoms. The van der Waals surface area contributed by atoms with Gasteiger partial charge in [-0.3, -0.25) is 14.4 Å². The number of carbonyl (C=O) groups is 1. The molecule has 0 fully saturated rings. The monoisotopic (exact) mass is 287 g/mol. The summed E-state index contributed by atoms with van der Waals surface area (Å²) in [5, 5.41) is 0. The molecule has 110 valence electrons. The molecule has 0 saturated heterocycles. The molecule has 5 nitrogen and oxygen atoms in total. The number of esters is 1. The average Bonchev–Trinajstić information content (AvgIpc) is 2.51. The fourth-order valence-electron chi connectivity index (χ4n) is 2.27. The minimum atomic E-state index is -0.582. The van der Waals surface area contributed by atoms with Gasteiger partial charge in [-0.25, -0.2) is 0 Å². The van der Waals surface area contributed by atoms with Crippen LogP contribution in [-0.4, -0.2) is 19.1 Å². The highest BCUT2D eigenvalue weighted by molar-refractivity contribution is 5.78. The van der Waals surface area contributed by atoms with Crippen molar-refractivity contribution in [2.45, 2.75) is 20.3 Å². The van der Waals surface area contributed by atoms with E-state index in [1.165, 1.54) is 0 Å². The summed E-state index contributed by atoms with van der Waals surface area (Å²) in [5.74, 6) is -0.118. The van der Waals surface area contributed by atoms with Crippen LogP contribution < -0.4 is 20.5 Å². The number of hydrogen-bond donors (Lipinski definition) is 0. The molecule has 2 aromatic carbocycles. The molecule has 21 heavy (non-hydrogen) atoms. The number of benzene rings is 1. The van der Waals surface area contributed by atoms with E-state index in [0.29, 0.717) is 24.5 Å². The van der Waals surface area contributed by atoms with Gasteiger partial charge < -0.3 is 9.64 Å². The Kier molecular flexibility index (Phi) is 4.52. The zero-order chi connectivity index (χ0) is 15.4. The van der Waals surface area contributed by atoms with Gasteiger partial charge in [-0.2, -0.15) is 0 Å². The van der Waals surface area contributed by atoms with Crippen molar-refractivity contribution in [3.63, 3.8) is 0 Å². The van der Waals surface area contributed by atoms with Crippen LogP contribution in [0.25, 0.3) is 0 Å². The molecule has 0 aromatic heterocycles. The smallest absolute Gasteiger partial charge is 0.315 e. The second-order valence-corrected chi connectivity index (χ2v) is 4.62. The molecule has 0 aliphatic heterocycles. The van der Waals surface area contributed by atoms with Gasteiger partial charge in [0.05, 0.1) is 12.1 Å². The van der Waals surface area contributed by atoms with E-state index in [-0.39, 0.29) is 12.0 Å². The van der Waals surface area contributed by atoms with Gasteiger partial charge in [0.25, 0.3) is 0 Å². The summed E-state index contributed by atoms with van der Waals surface area (Å²) in [6.45, 7) is 5.02. The molecule has 0 aliphatic rings. The summed E-state index contributed by atoms with van der Waals surface area (Å²) in [4.78, 5) is 37.0. The third kappa shape index (κ3) is 3.02. The van der Waals surface area contributed by atoms with Crippen molar-refractivity contribution >= 4 is 11.7 Å². The predicted molar refractivity (Wildman–Crippen MR) is 80.7 cm³/mol. The maximum atomic E-state index is 11.9. The van der Waals surface area contributed by atoms with Crippen molar-refractivity contribution in [2.75, 3.05) is 18.0 Å². The zero-order valence-electron chi connectivity index (χ0n) is 12.1. The Morgan fingerprint density at radius 2 is 1.67 bits per heavy atom. The summed E-state index contributed by atoms with van der Waals surface area (Å²) in [6, 6.07) is 8.63. The first-order valence-corrected chi connectivity index (χ1v) is 6.91. The molecule has 0 N–H and O–H groups in total. The van der Waals surface area contributed by atoms with E-state index < -0.39 is 16.8 Å². The number of carbonyl (C=O) groups excluding carboxylic acids is 1. The van der Waals surface area contributed by atoms with Crippen LogP contribution in [0.2, 0.25) is 0 Å². The Labute approximate surface area is 122 Å². The summed E-state index contributed by atoms with van der Waals surface area (Å²) in [6.07, 6.45) is -0.175. The van der Waals surface area contributed by atoms with Crippen molar-refractivity contribution in [1.29, 1.82) is 0 Å². The predicted octanol–water partition coefficient (Wildman–Crippen LogP) is 1.28. The fourth-order valence-corrected chi connectivity index (χ4v) is 2.27. The Balaban J connectivity index is 2.13. The number of para-hydroxylation sites is 1. The molecule has 2 rings (SSSR count). The fraction of sp³-hybridized carbons (Fsp3) is 0.312. The van der Waals surface area contributed by atoms with Gasteiger partial charge in [-0.1, -0.05) is 18.2 Å². The van der Waals surface area contributed by atoms with Crippen molar-refractivity contribution in [3.05, 3.63) is 56.3 Å². The summed E-state index contributed by atoms with van der Waals surface area (Å²) in [7, 11) is 0. The van der Waals surface area contributed by atoms with Crippen LogP contribution >= 0.6 is 0 Å². The average molecular weight is 287 g/mol. The van der Waals surface area contributed by atoms with Gasteiger partial charge in [-0.05, 0) is 26.0 Å². The van der Waals surface area contributed by atoms with Crippen LogP contribution in [0.15, 0.2) is 39.9 Å². The quantitative estimate of drug-likeness (QED) is 0.455. The van der Waals surface area contributed by atoms with E-state index in [2.05, 4.69) is 0 Å². The summed E-state index contributed by atoms with van der Waals surface area (Å²) >= 11 is 0. The lowest BCUT2D eigenvalue weighted by molar-refractivity contribution is -0.133. The van der Waals surface area contributed by atoms with E-state index in [1.807, 2.05) is 19.9 Å². The standard InChI is InChI=1S/C16H17NO4/c1-3-17(4-2)14-12(15(19)16(14)20)10-13(18)21-11-8-6-5-7-9-11/h5-9H,3-4,10H2,1-2H3. The first-order valence-electron chi connectivity index (χ1n) is 6.91. The first kappa shape index (κ1) is 15.0. The lowest BCUT2D eigenvalue weighted by Gasteiger charge is -2.24. The molecule has 0 saturated carbocycles. The summed E-state index contributed by atoms with van der Waals surface area (Å²) in [5.41, 5.74) is -0.484. The van der Waals surface area contributed by atoms with E-state index in [9.17, 15) is 14.4 Å². The molecular formula is C16H17NO4. The maximum absolute atomic E-state index is 11.9. The van der Waals surface area contributed by atoms with Crippen LogP contribution in [0, 0.1) is 0 Å². The molecular weight excluding hydrogens is 270 g/mol. The molecule has 0 unspecified atom stereocenters. The largest absolute Gasteiger partial charge is 0.426 e. The van der Waals surface area contributed by atoms with E-state index in [4.69, 9.17) is 4.74 Å². The van der Waals surface area contributed by atoms with Crippen LogP contribution in [0.3, 0.4) is 0 Å². The number of rotatable bonds is 6. The van der Waals surface area contributed by atoms with Crippen LogP contribution in [-0.2, 0) is 11.2 Å². The van der Waals surface area contributed by atoms with Gasteiger partial charge in [0, 0.05) is 18.7 Å². The van der Waals surface area contributed by atoms with Gasteiger partial charge in [0.1, 0.15) is 5.75 Å². The number of anilines is 1. The molecule has 0 bridgehead atoms. The number of nitrogens with zero attached hydrogens (tertiary/aromatic N) is 1. The lowest BCUT2D eigenvalue weighted by atomic mass is 10.0. The van der Waals surface area contributed by atoms with Gasteiger partial charge in [-0.15, -0.1) is 0 Å². The third-order valence-corrected chi connectivity index (χ3v) is 3.36. The van der Waals surface area contributed by atoms with Crippen LogP contribution in [0.5, 0.6) is 5.75 Å². The highest BCUT2D eigenvalue weighted by atomic mass is 16.5. The molecule has 0 heterocycles. The normalized spacial score (nSPS) is 10.6. The maximum Gasteiger partial charge on any atom is 0.315 e. The van der Waals surface area contributed by atoms with Crippen molar-refractivity contribution in [2.24, 2.45) is 0 Å². The second kappa shape index (κ2) is 6.35. The Bertz CT molecular complexity index is 695. The molecule has 0 amide bonds. The lowest BCUT2D eigenvalue weighted by Crippen LogP contribution is -2.44.